The van der Waals surface area contributed by atoms with E-state index in [1.54, 1.807) is 7.11 Å². The Bertz CT molecular complexity index is 698. The van der Waals surface area contributed by atoms with Gasteiger partial charge in [0, 0.05) is 6.42 Å². The molecule has 142 valence electrons. The predicted molar refractivity (Wildman–Crippen MR) is 97.0 cm³/mol. The predicted octanol–water partition coefficient (Wildman–Crippen LogP) is 3.49. The van der Waals surface area contributed by atoms with E-state index < -0.39 is 5.41 Å². The zero-order valence-electron chi connectivity index (χ0n) is 16.0. The first-order valence-corrected chi connectivity index (χ1v) is 9.26. The second-order valence-corrected chi connectivity index (χ2v) is 7.71. The van der Waals surface area contributed by atoms with Crippen LogP contribution >= 0.6 is 0 Å². The number of hydrogen-bond donors (Lipinski definition) is 0. The van der Waals surface area contributed by atoms with Crippen LogP contribution < -0.4 is 4.74 Å². The average Bonchev–Trinajstić information content (AvgIpc) is 2.68. The van der Waals surface area contributed by atoms with Crippen molar-refractivity contribution in [2.24, 2.45) is 17.3 Å². The summed E-state index contributed by atoms with van der Waals surface area (Å²) in [7, 11) is 4.51. The number of carbonyl (C=O) groups is 2. The minimum Gasteiger partial charge on any atom is -0.497 e. The Labute approximate surface area is 155 Å². The molecule has 1 aromatic carbocycles. The molecule has 0 heterocycles. The fourth-order valence-electron chi connectivity index (χ4n) is 5.13. The zero-order valence-corrected chi connectivity index (χ0v) is 16.0. The van der Waals surface area contributed by atoms with Crippen LogP contribution in [0.15, 0.2) is 18.2 Å². The van der Waals surface area contributed by atoms with Crippen molar-refractivity contribution in [1.29, 1.82) is 0 Å². The molecule has 0 amide bonds. The third-order valence-electron chi connectivity index (χ3n) is 6.59. The van der Waals surface area contributed by atoms with Crippen molar-refractivity contribution in [3.05, 3.63) is 29.3 Å². The van der Waals surface area contributed by atoms with Gasteiger partial charge in [0.1, 0.15) is 5.75 Å². The molecular formula is C21H28O5. The van der Waals surface area contributed by atoms with E-state index in [0.717, 1.165) is 25.0 Å². The first-order chi connectivity index (χ1) is 12.4. The van der Waals surface area contributed by atoms with E-state index in [9.17, 15) is 9.59 Å². The van der Waals surface area contributed by atoms with Crippen molar-refractivity contribution in [1.82, 2.24) is 0 Å². The van der Waals surface area contributed by atoms with E-state index in [4.69, 9.17) is 14.2 Å². The molecule has 1 saturated carbocycles. The second-order valence-electron chi connectivity index (χ2n) is 7.71. The molecule has 2 aliphatic rings. The maximum atomic E-state index is 12.6. The van der Waals surface area contributed by atoms with Crippen molar-refractivity contribution in [3.8, 4) is 5.75 Å². The Morgan fingerprint density at radius 3 is 2.58 bits per heavy atom. The first kappa shape index (κ1) is 18.7. The molecule has 1 aromatic rings. The topological polar surface area (TPSA) is 61.8 Å². The number of rotatable bonds is 4. The molecule has 1 fully saturated rings. The van der Waals surface area contributed by atoms with E-state index in [0.29, 0.717) is 12.3 Å². The van der Waals surface area contributed by atoms with E-state index in [2.05, 4.69) is 12.1 Å². The first-order valence-electron chi connectivity index (χ1n) is 9.26. The molecule has 0 radical (unpaired) electrons. The molecule has 2 aliphatic carbocycles. The number of ether oxygens (including phenoxy) is 3. The lowest BCUT2D eigenvalue weighted by molar-refractivity contribution is -0.163. The summed E-state index contributed by atoms with van der Waals surface area (Å²) in [5.41, 5.74) is 2.02. The number of benzene rings is 1. The molecule has 0 aromatic heterocycles. The molecule has 26 heavy (non-hydrogen) atoms. The molecule has 0 aliphatic heterocycles. The Balaban J connectivity index is 1.97. The second kappa shape index (κ2) is 7.29. The van der Waals surface area contributed by atoms with Crippen LogP contribution in [0.2, 0.25) is 0 Å². The molecule has 5 nitrogen and oxygen atoms in total. The lowest BCUT2D eigenvalue weighted by Crippen LogP contribution is -2.48. The van der Waals surface area contributed by atoms with Crippen LogP contribution in [0.5, 0.6) is 5.75 Å². The summed E-state index contributed by atoms with van der Waals surface area (Å²) in [5, 5.41) is 0. The quantitative estimate of drug-likeness (QED) is 0.769. The number of hydrogen-bond acceptors (Lipinski definition) is 5. The van der Waals surface area contributed by atoms with Gasteiger partial charge in [0.2, 0.25) is 0 Å². The highest BCUT2D eigenvalue weighted by Crippen LogP contribution is 2.56. The third kappa shape index (κ3) is 3.08. The van der Waals surface area contributed by atoms with E-state index in [1.165, 1.54) is 25.3 Å². The van der Waals surface area contributed by atoms with E-state index >= 15 is 0 Å². The highest BCUT2D eigenvalue weighted by Gasteiger charge is 2.53. The smallest absolute Gasteiger partial charge is 0.311 e. The van der Waals surface area contributed by atoms with E-state index in [1.807, 2.05) is 13.0 Å². The lowest BCUT2D eigenvalue weighted by atomic mass is 9.54. The highest BCUT2D eigenvalue weighted by molar-refractivity contribution is 5.79. The minimum atomic E-state index is -0.645. The molecule has 4 atom stereocenters. The van der Waals surface area contributed by atoms with Crippen LogP contribution in [0, 0.1) is 17.3 Å². The normalized spacial score (nSPS) is 29.9. The number of methoxy groups -OCH3 is 3. The Hall–Kier alpha value is -2.04. The standard InChI is InChI=1S/C21H28O5/c1-21(20(23)26-4)10-9-16-15-8-6-14(24-2)11-13(15)5-7-17(16)18(21)12-19(22)25-3/h6,8,11,16-18H,5,7,9-10,12H2,1-4H3/t16?,17?,18?,21-/m0/s1. The van der Waals surface area contributed by atoms with Crippen LogP contribution in [0.25, 0.3) is 0 Å². The van der Waals surface area contributed by atoms with Gasteiger partial charge < -0.3 is 14.2 Å². The van der Waals surface area contributed by atoms with E-state index in [-0.39, 0.29) is 30.2 Å². The third-order valence-corrected chi connectivity index (χ3v) is 6.59. The van der Waals surface area contributed by atoms with Crippen LogP contribution in [0.4, 0.5) is 0 Å². The summed E-state index contributed by atoms with van der Waals surface area (Å²) < 4.78 is 15.4. The lowest BCUT2D eigenvalue weighted by Gasteiger charge is -2.50. The van der Waals surface area contributed by atoms with Crippen molar-refractivity contribution in [2.45, 2.75) is 44.9 Å². The van der Waals surface area contributed by atoms with Crippen LogP contribution in [0.1, 0.15) is 49.7 Å². The van der Waals surface area contributed by atoms with Gasteiger partial charge in [-0.3, -0.25) is 9.59 Å². The van der Waals surface area contributed by atoms with Gasteiger partial charge >= 0.3 is 11.9 Å². The van der Waals surface area contributed by atoms with Crippen molar-refractivity contribution in [3.63, 3.8) is 0 Å². The summed E-state index contributed by atoms with van der Waals surface area (Å²) >= 11 is 0. The summed E-state index contributed by atoms with van der Waals surface area (Å²) in [6, 6.07) is 6.28. The molecule has 0 bridgehead atoms. The van der Waals surface area contributed by atoms with Gasteiger partial charge in [0.05, 0.1) is 26.7 Å². The molecular weight excluding hydrogens is 332 g/mol. The molecule has 0 spiro atoms. The zero-order chi connectivity index (χ0) is 18.9. The SMILES string of the molecule is COC(=O)CC1C2CCc3cc(OC)ccc3C2CC[C@]1(C)C(=O)OC. The molecule has 3 rings (SSSR count). The van der Waals surface area contributed by atoms with Crippen LogP contribution in [-0.4, -0.2) is 33.3 Å². The maximum absolute atomic E-state index is 12.6. The van der Waals surface area contributed by atoms with Gasteiger partial charge in [0.25, 0.3) is 0 Å². The molecule has 5 heteroatoms. The summed E-state index contributed by atoms with van der Waals surface area (Å²) in [6.45, 7) is 1.95. The van der Waals surface area contributed by atoms with Crippen molar-refractivity contribution < 1.29 is 23.8 Å². The number of carbonyl (C=O) groups excluding carboxylic acids is 2. The van der Waals surface area contributed by atoms with Gasteiger partial charge in [-0.2, -0.15) is 0 Å². The van der Waals surface area contributed by atoms with Gasteiger partial charge in [-0.15, -0.1) is 0 Å². The average molecular weight is 360 g/mol. The summed E-state index contributed by atoms with van der Waals surface area (Å²) in [6.07, 6.45) is 3.79. The van der Waals surface area contributed by atoms with Crippen molar-refractivity contribution in [2.75, 3.05) is 21.3 Å². The number of fused-ring (bicyclic) bond motifs is 3. The number of esters is 2. The van der Waals surface area contributed by atoms with Gasteiger partial charge in [-0.1, -0.05) is 6.07 Å². The Morgan fingerprint density at radius 2 is 1.92 bits per heavy atom. The van der Waals surface area contributed by atoms with Crippen LogP contribution in [-0.2, 0) is 25.5 Å². The Kier molecular flexibility index (Phi) is 5.26. The van der Waals surface area contributed by atoms with Gasteiger partial charge in [-0.05, 0) is 73.6 Å². The van der Waals surface area contributed by atoms with Crippen molar-refractivity contribution >= 4 is 11.9 Å². The molecule has 0 N–H and O–H groups in total. The van der Waals surface area contributed by atoms with Crippen LogP contribution in [0.3, 0.4) is 0 Å². The largest absolute Gasteiger partial charge is 0.497 e. The fraction of sp³-hybridized carbons (Fsp3) is 0.619. The minimum absolute atomic E-state index is 0.0728. The summed E-state index contributed by atoms with van der Waals surface area (Å²) in [5.74, 6) is 0.960. The van der Waals surface area contributed by atoms with Gasteiger partial charge in [0.15, 0.2) is 0 Å². The monoisotopic (exact) mass is 360 g/mol. The number of aryl methyl sites for hydroxylation is 1. The highest BCUT2D eigenvalue weighted by atomic mass is 16.5. The fourth-order valence-corrected chi connectivity index (χ4v) is 5.13. The Morgan fingerprint density at radius 1 is 1.15 bits per heavy atom. The molecule has 0 saturated heterocycles. The summed E-state index contributed by atoms with van der Waals surface area (Å²) in [4.78, 5) is 24.7. The maximum Gasteiger partial charge on any atom is 0.311 e. The molecule has 3 unspecified atom stereocenters. The van der Waals surface area contributed by atoms with Gasteiger partial charge in [-0.25, -0.2) is 0 Å².